The van der Waals surface area contributed by atoms with Gasteiger partial charge in [-0.1, -0.05) is 20.8 Å². The number of rotatable bonds is 8. The quantitative estimate of drug-likeness (QED) is 0.342. The van der Waals surface area contributed by atoms with Crippen molar-refractivity contribution < 1.29 is 29.7 Å². The first-order valence-electron chi connectivity index (χ1n) is 14.0. The lowest BCUT2D eigenvalue weighted by molar-refractivity contribution is -0.172. The zero-order valence-corrected chi connectivity index (χ0v) is 22.1. The number of carboxylic acids is 1. The van der Waals surface area contributed by atoms with E-state index in [1.54, 1.807) is 0 Å². The summed E-state index contributed by atoms with van der Waals surface area (Å²) in [7, 11) is 0. The molecule has 0 bridgehead atoms. The van der Waals surface area contributed by atoms with Gasteiger partial charge in [0.15, 0.2) is 0 Å². The van der Waals surface area contributed by atoms with E-state index < -0.39 is 24.3 Å². The van der Waals surface area contributed by atoms with E-state index in [4.69, 9.17) is 5.73 Å². The average molecular weight is 507 g/mol. The van der Waals surface area contributed by atoms with E-state index in [9.17, 15) is 29.7 Å². The minimum Gasteiger partial charge on any atom is -0.480 e. The average Bonchev–Trinajstić information content (AvgIpc) is 3.15. The maximum atomic E-state index is 12.5. The predicted octanol–water partition coefficient (Wildman–Crippen LogP) is 2.84. The third-order valence-corrected chi connectivity index (χ3v) is 11.3. The van der Waals surface area contributed by atoms with Crippen molar-refractivity contribution in [2.24, 2.45) is 52.1 Å². The molecule has 8 heteroatoms. The molecule has 0 saturated heterocycles. The second-order valence-corrected chi connectivity index (χ2v) is 13.1. The van der Waals surface area contributed by atoms with Crippen LogP contribution in [0, 0.1) is 46.3 Å². The molecule has 36 heavy (non-hydrogen) atoms. The van der Waals surface area contributed by atoms with Gasteiger partial charge >= 0.3 is 5.97 Å². The molecule has 0 aromatic carbocycles. The Hall–Kier alpha value is -1.67. The molecule has 0 unspecified atom stereocenters. The number of fused-ring (bicyclic) bond motifs is 5. The second kappa shape index (κ2) is 10.2. The summed E-state index contributed by atoms with van der Waals surface area (Å²) >= 11 is 0. The van der Waals surface area contributed by atoms with Gasteiger partial charge in [0.25, 0.3) is 0 Å². The standard InChI is InChI=1S/C28H46N2O6/c1-15(4-7-25(34)30-22(26(35)36)14-24(29)33)18-5-6-19-17-13-23(32)21-12-16(31)8-10-28(21,3)20(17)9-11-27(18,19)2/h15-23,31-32H,4-14H2,1-3H3,(H2,29,33)(H,30,34)(H,35,36)/t15-,16-,17+,18-,19+,20+,21+,22+,23+,27-,28-/m1/s1. The summed E-state index contributed by atoms with van der Waals surface area (Å²) in [6, 6.07) is -1.28. The van der Waals surface area contributed by atoms with E-state index in [2.05, 4.69) is 26.1 Å². The first-order chi connectivity index (χ1) is 16.9. The molecule has 2 amide bonds. The molecular formula is C28H46N2O6. The van der Waals surface area contributed by atoms with Gasteiger partial charge < -0.3 is 26.4 Å². The third-order valence-electron chi connectivity index (χ3n) is 11.3. The summed E-state index contributed by atoms with van der Waals surface area (Å²) in [5.41, 5.74) is 5.41. The number of carbonyl (C=O) groups excluding carboxylic acids is 2. The van der Waals surface area contributed by atoms with Crippen molar-refractivity contribution in [3.63, 3.8) is 0 Å². The van der Waals surface area contributed by atoms with Gasteiger partial charge in [0.2, 0.25) is 11.8 Å². The number of aliphatic hydroxyl groups excluding tert-OH is 2. The van der Waals surface area contributed by atoms with Crippen LogP contribution in [0.25, 0.3) is 0 Å². The molecule has 0 heterocycles. The van der Waals surface area contributed by atoms with Gasteiger partial charge in [-0.05, 0) is 104 Å². The lowest BCUT2D eigenvalue weighted by Gasteiger charge is -2.62. The Morgan fingerprint density at radius 2 is 1.64 bits per heavy atom. The normalized spacial score (nSPS) is 43.4. The molecule has 0 radical (unpaired) electrons. The van der Waals surface area contributed by atoms with Crippen LogP contribution in [0.5, 0.6) is 0 Å². The highest BCUT2D eigenvalue weighted by Crippen LogP contribution is 2.68. The molecule has 0 aromatic rings. The van der Waals surface area contributed by atoms with Crippen LogP contribution in [0.1, 0.15) is 91.4 Å². The maximum absolute atomic E-state index is 12.5. The smallest absolute Gasteiger partial charge is 0.326 e. The Balaban J connectivity index is 1.39. The van der Waals surface area contributed by atoms with E-state index in [1.807, 2.05) is 0 Å². The molecule has 4 aliphatic rings. The molecule has 8 nitrogen and oxygen atoms in total. The third kappa shape index (κ3) is 4.92. The van der Waals surface area contributed by atoms with E-state index in [1.165, 1.54) is 12.8 Å². The highest BCUT2D eigenvalue weighted by atomic mass is 16.4. The fraction of sp³-hybridized carbons (Fsp3) is 0.893. The van der Waals surface area contributed by atoms with Gasteiger partial charge in [-0.15, -0.1) is 0 Å². The van der Waals surface area contributed by atoms with E-state index in [-0.39, 0.29) is 41.3 Å². The number of amides is 2. The SMILES string of the molecule is C[C@H](CCC(=O)N[C@@H](CC(N)=O)C(=O)O)[C@H]1CC[C@H]2[C@@H]3C[C@H](O)[C@@H]4C[C@H](O)CC[C@]4(C)[C@H]3CC[C@]12C. The molecule has 4 saturated carbocycles. The van der Waals surface area contributed by atoms with Gasteiger partial charge in [0, 0.05) is 6.42 Å². The Kier molecular flexibility index (Phi) is 7.78. The monoisotopic (exact) mass is 506 g/mol. The van der Waals surface area contributed by atoms with Crippen LogP contribution in [-0.2, 0) is 14.4 Å². The van der Waals surface area contributed by atoms with Crippen molar-refractivity contribution in [1.82, 2.24) is 5.32 Å². The van der Waals surface area contributed by atoms with Crippen LogP contribution >= 0.6 is 0 Å². The van der Waals surface area contributed by atoms with Gasteiger partial charge in [-0.2, -0.15) is 0 Å². The molecule has 0 spiro atoms. The van der Waals surface area contributed by atoms with Gasteiger partial charge in [0.05, 0.1) is 18.6 Å². The number of aliphatic hydroxyl groups is 2. The molecule has 0 aromatic heterocycles. The first-order valence-corrected chi connectivity index (χ1v) is 14.0. The molecule has 4 fully saturated rings. The summed E-state index contributed by atoms with van der Waals surface area (Å²) in [5.74, 6) is 0.346. The zero-order chi connectivity index (χ0) is 26.4. The summed E-state index contributed by atoms with van der Waals surface area (Å²) in [5, 5.41) is 33.2. The Morgan fingerprint density at radius 3 is 2.31 bits per heavy atom. The van der Waals surface area contributed by atoms with Crippen LogP contribution < -0.4 is 11.1 Å². The minimum absolute atomic E-state index is 0.107. The molecule has 204 valence electrons. The van der Waals surface area contributed by atoms with Crippen molar-refractivity contribution in [2.45, 2.75) is 110 Å². The number of carbonyl (C=O) groups is 3. The minimum atomic E-state index is -1.28. The molecule has 4 aliphatic carbocycles. The first kappa shape index (κ1) is 27.4. The summed E-state index contributed by atoms with van der Waals surface area (Å²) < 4.78 is 0. The molecule has 6 N–H and O–H groups in total. The lowest BCUT2D eigenvalue weighted by Crippen LogP contribution is -2.58. The van der Waals surface area contributed by atoms with Crippen molar-refractivity contribution in [2.75, 3.05) is 0 Å². The highest BCUT2D eigenvalue weighted by molar-refractivity contribution is 5.88. The molecule has 0 aliphatic heterocycles. The van der Waals surface area contributed by atoms with Crippen molar-refractivity contribution in [3.8, 4) is 0 Å². The molecule has 11 atom stereocenters. The van der Waals surface area contributed by atoms with Crippen molar-refractivity contribution in [3.05, 3.63) is 0 Å². The number of nitrogens with two attached hydrogens (primary N) is 1. The molecule has 4 rings (SSSR count). The Bertz CT molecular complexity index is 865. The van der Waals surface area contributed by atoms with Gasteiger partial charge in [-0.25, -0.2) is 4.79 Å². The summed E-state index contributed by atoms with van der Waals surface area (Å²) in [6.07, 6.45) is 7.93. The Labute approximate surface area is 214 Å². The largest absolute Gasteiger partial charge is 0.480 e. The van der Waals surface area contributed by atoms with Crippen molar-refractivity contribution >= 4 is 17.8 Å². The number of nitrogens with one attached hydrogen (secondary N) is 1. The summed E-state index contributed by atoms with van der Waals surface area (Å²) in [6.45, 7) is 7.02. The highest BCUT2D eigenvalue weighted by Gasteiger charge is 2.62. The van der Waals surface area contributed by atoms with Gasteiger partial charge in [-0.3, -0.25) is 9.59 Å². The number of primary amides is 1. The van der Waals surface area contributed by atoms with Crippen LogP contribution in [-0.4, -0.2) is 51.4 Å². The number of aliphatic carboxylic acids is 1. The zero-order valence-electron chi connectivity index (χ0n) is 22.1. The van der Waals surface area contributed by atoms with Gasteiger partial charge in [0.1, 0.15) is 6.04 Å². The van der Waals surface area contributed by atoms with Crippen LogP contribution in [0.4, 0.5) is 0 Å². The number of carboxylic acid groups (broad SMARTS) is 1. The van der Waals surface area contributed by atoms with Crippen LogP contribution in [0.15, 0.2) is 0 Å². The van der Waals surface area contributed by atoms with Crippen LogP contribution in [0.2, 0.25) is 0 Å². The summed E-state index contributed by atoms with van der Waals surface area (Å²) in [4.78, 5) is 34.9. The second-order valence-electron chi connectivity index (χ2n) is 13.1. The van der Waals surface area contributed by atoms with E-state index >= 15 is 0 Å². The Morgan fingerprint density at radius 1 is 0.972 bits per heavy atom. The van der Waals surface area contributed by atoms with Crippen LogP contribution in [0.3, 0.4) is 0 Å². The number of hydrogen-bond acceptors (Lipinski definition) is 5. The molecular weight excluding hydrogens is 460 g/mol. The van der Waals surface area contributed by atoms with E-state index in [0.29, 0.717) is 36.0 Å². The fourth-order valence-corrected chi connectivity index (χ4v) is 9.48. The predicted molar refractivity (Wildman–Crippen MR) is 134 cm³/mol. The van der Waals surface area contributed by atoms with E-state index in [0.717, 1.165) is 38.5 Å². The fourth-order valence-electron chi connectivity index (χ4n) is 9.48. The van der Waals surface area contributed by atoms with Crippen molar-refractivity contribution in [1.29, 1.82) is 0 Å². The number of hydrogen-bond donors (Lipinski definition) is 5. The topological polar surface area (TPSA) is 150 Å². The maximum Gasteiger partial charge on any atom is 0.326 e. The lowest BCUT2D eigenvalue weighted by atomic mass is 9.44.